The number of rotatable bonds is 1. The lowest BCUT2D eigenvalue weighted by molar-refractivity contribution is 1.34. The Balaban J connectivity index is 3.08. The summed E-state index contributed by atoms with van der Waals surface area (Å²) in [6.07, 6.45) is 0. The molecule has 0 atom stereocenters. The molecule has 0 saturated carbocycles. The molecule has 0 radical (unpaired) electrons. The fourth-order valence-electron chi connectivity index (χ4n) is 1.01. The molecule has 0 aromatic heterocycles. The molecule has 0 fully saturated rings. The fourth-order valence-corrected chi connectivity index (χ4v) is 1.38. The average molecular weight is 215 g/mol. The van der Waals surface area contributed by atoms with E-state index in [1.54, 1.807) is 0 Å². The van der Waals surface area contributed by atoms with Gasteiger partial charge in [-0.25, -0.2) is 0 Å². The van der Waals surface area contributed by atoms with E-state index in [0.717, 1.165) is 16.8 Å². The van der Waals surface area contributed by atoms with Gasteiger partial charge in [-0.2, -0.15) is 0 Å². The fraction of sp³-hybridized carbons (Fsp3) is 0.222. The van der Waals surface area contributed by atoms with Gasteiger partial charge in [0.2, 0.25) is 0 Å². The number of aryl methyl sites for hydroxylation is 2. The standard InChI is InChI=1S/C9H11ClN2S/c1-5-3-7(10)8(4-6(5)2)12-9(11)13/h3-4H,1-2H3,(H3,11,12,13). The Kier molecular flexibility index (Phi) is 3.12. The maximum Gasteiger partial charge on any atom is 0.168 e. The van der Waals surface area contributed by atoms with Crippen LogP contribution in [0.1, 0.15) is 11.1 Å². The number of benzene rings is 1. The van der Waals surface area contributed by atoms with Crippen molar-refractivity contribution in [2.75, 3.05) is 5.32 Å². The monoisotopic (exact) mass is 214 g/mol. The minimum atomic E-state index is 0.227. The van der Waals surface area contributed by atoms with Crippen molar-refractivity contribution >= 4 is 34.6 Å². The molecular formula is C9H11ClN2S. The van der Waals surface area contributed by atoms with Crippen LogP contribution in [0.5, 0.6) is 0 Å². The van der Waals surface area contributed by atoms with Crippen LogP contribution < -0.4 is 11.1 Å². The van der Waals surface area contributed by atoms with Crippen molar-refractivity contribution in [1.82, 2.24) is 0 Å². The molecule has 13 heavy (non-hydrogen) atoms. The summed E-state index contributed by atoms with van der Waals surface area (Å²) in [7, 11) is 0. The van der Waals surface area contributed by atoms with E-state index in [1.165, 1.54) is 0 Å². The molecule has 0 bridgehead atoms. The van der Waals surface area contributed by atoms with Gasteiger partial charge < -0.3 is 11.1 Å². The smallest absolute Gasteiger partial charge is 0.168 e. The van der Waals surface area contributed by atoms with Crippen LogP contribution in [0, 0.1) is 13.8 Å². The highest BCUT2D eigenvalue weighted by Crippen LogP contribution is 2.25. The van der Waals surface area contributed by atoms with Crippen molar-refractivity contribution in [1.29, 1.82) is 0 Å². The molecule has 3 N–H and O–H groups in total. The van der Waals surface area contributed by atoms with Crippen LogP contribution in [-0.2, 0) is 0 Å². The lowest BCUT2D eigenvalue weighted by Gasteiger charge is -2.09. The van der Waals surface area contributed by atoms with Crippen molar-refractivity contribution in [2.45, 2.75) is 13.8 Å². The van der Waals surface area contributed by atoms with E-state index in [9.17, 15) is 0 Å². The Morgan fingerprint density at radius 3 is 2.46 bits per heavy atom. The van der Waals surface area contributed by atoms with Crippen LogP contribution in [0.3, 0.4) is 0 Å². The topological polar surface area (TPSA) is 38.0 Å². The third-order valence-electron chi connectivity index (χ3n) is 1.84. The van der Waals surface area contributed by atoms with Gasteiger partial charge in [-0.3, -0.25) is 0 Å². The van der Waals surface area contributed by atoms with Gasteiger partial charge in [0.1, 0.15) is 0 Å². The highest BCUT2D eigenvalue weighted by molar-refractivity contribution is 7.80. The van der Waals surface area contributed by atoms with E-state index < -0.39 is 0 Å². The van der Waals surface area contributed by atoms with Gasteiger partial charge in [0, 0.05) is 0 Å². The van der Waals surface area contributed by atoms with Gasteiger partial charge >= 0.3 is 0 Å². The highest BCUT2D eigenvalue weighted by atomic mass is 35.5. The van der Waals surface area contributed by atoms with Gasteiger partial charge in [0.25, 0.3) is 0 Å². The number of halogens is 1. The summed E-state index contributed by atoms with van der Waals surface area (Å²) < 4.78 is 0. The van der Waals surface area contributed by atoms with Crippen LogP contribution in [0.25, 0.3) is 0 Å². The Bertz CT molecular complexity index is 350. The van der Waals surface area contributed by atoms with Gasteiger partial charge in [-0.1, -0.05) is 11.6 Å². The van der Waals surface area contributed by atoms with Crippen molar-refractivity contribution < 1.29 is 0 Å². The summed E-state index contributed by atoms with van der Waals surface area (Å²) in [6.45, 7) is 4.02. The quantitative estimate of drug-likeness (QED) is 0.706. The minimum Gasteiger partial charge on any atom is -0.376 e. The van der Waals surface area contributed by atoms with Crippen LogP contribution in [-0.4, -0.2) is 5.11 Å². The molecule has 0 unspecified atom stereocenters. The molecule has 0 aliphatic rings. The van der Waals surface area contributed by atoms with Crippen molar-refractivity contribution in [3.05, 3.63) is 28.3 Å². The summed E-state index contributed by atoms with van der Waals surface area (Å²) in [6, 6.07) is 3.81. The van der Waals surface area contributed by atoms with Gasteiger partial charge in [0.15, 0.2) is 5.11 Å². The van der Waals surface area contributed by atoms with E-state index in [1.807, 2.05) is 26.0 Å². The van der Waals surface area contributed by atoms with Crippen LogP contribution in [0.15, 0.2) is 12.1 Å². The third kappa shape index (κ3) is 2.57. The zero-order chi connectivity index (χ0) is 10.0. The first kappa shape index (κ1) is 10.3. The van der Waals surface area contributed by atoms with E-state index >= 15 is 0 Å². The van der Waals surface area contributed by atoms with E-state index in [2.05, 4.69) is 5.32 Å². The Labute approximate surface area is 88.1 Å². The average Bonchev–Trinajstić information content (AvgIpc) is 1.99. The molecule has 0 saturated heterocycles. The first-order valence-corrected chi connectivity index (χ1v) is 4.62. The van der Waals surface area contributed by atoms with Gasteiger partial charge in [-0.05, 0) is 49.3 Å². The number of thiocarbonyl (C=S) groups is 1. The zero-order valence-electron chi connectivity index (χ0n) is 7.52. The number of anilines is 1. The van der Waals surface area contributed by atoms with Gasteiger partial charge in [0.05, 0.1) is 10.7 Å². The number of nitrogens with two attached hydrogens (primary N) is 1. The second kappa shape index (κ2) is 3.94. The largest absolute Gasteiger partial charge is 0.376 e. The molecule has 0 heterocycles. The number of hydrogen-bond acceptors (Lipinski definition) is 1. The molecule has 1 aromatic rings. The summed E-state index contributed by atoms with van der Waals surface area (Å²) in [5.74, 6) is 0. The molecule has 1 rings (SSSR count). The first-order valence-electron chi connectivity index (χ1n) is 3.84. The maximum atomic E-state index is 5.97. The van der Waals surface area contributed by atoms with Gasteiger partial charge in [-0.15, -0.1) is 0 Å². The summed E-state index contributed by atoms with van der Waals surface area (Å²) in [4.78, 5) is 0. The predicted octanol–water partition coefficient (Wildman–Crippen LogP) is 2.61. The highest BCUT2D eigenvalue weighted by Gasteiger charge is 2.03. The number of nitrogens with one attached hydrogen (secondary N) is 1. The summed E-state index contributed by atoms with van der Waals surface area (Å²) in [5.41, 5.74) is 8.41. The molecule has 0 aliphatic heterocycles. The summed E-state index contributed by atoms with van der Waals surface area (Å²) in [5, 5.41) is 3.68. The van der Waals surface area contributed by atoms with Crippen molar-refractivity contribution in [2.24, 2.45) is 5.73 Å². The van der Waals surface area contributed by atoms with Crippen LogP contribution in [0.4, 0.5) is 5.69 Å². The van der Waals surface area contributed by atoms with E-state index in [4.69, 9.17) is 29.6 Å². The number of hydrogen-bond donors (Lipinski definition) is 2. The Morgan fingerprint density at radius 2 is 1.92 bits per heavy atom. The second-order valence-corrected chi connectivity index (χ2v) is 3.75. The zero-order valence-corrected chi connectivity index (χ0v) is 9.09. The molecule has 70 valence electrons. The molecule has 0 amide bonds. The SMILES string of the molecule is Cc1cc(Cl)c(NC(N)=S)cc1C. The molecule has 0 spiro atoms. The van der Waals surface area contributed by atoms with E-state index in [-0.39, 0.29) is 5.11 Å². The normalized spacial score (nSPS) is 9.77. The lowest BCUT2D eigenvalue weighted by Crippen LogP contribution is -2.19. The Morgan fingerprint density at radius 1 is 1.38 bits per heavy atom. The van der Waals surface area contributed by atoms with Crippen LogP contribution >= 0.6 is 23.8 Å². The predicted molar refractivity (Wildman–Crippen MR) is 61.3 cm³/mol. The molecule has 4 heteroatoms. The minimum absolute atomic E-state index is 0.227. The Hall–Kier alpha value is -0.800. The summed E-state index contributed by atoms with van der Waals surface area (Å²) >= 11 is 10.7. The van der Waals surface area contributed by atoms with E-state index in [0.29, 0.717) is 5.02 Å². The van der Waals surface area contributed by atoms with Crippen molar-refractivity contribution in [3.8, 4) is 0 Å². The molecular weight excluding hydrogens is 204 g/mol. The second-order valence-electron chi connectivity index (χ2n) is 2.91. The molecule has 0 aliphatic carbocycles. The molecule has 2 nitrogen and oxygen atoms in total. The molecule has 1 aromatic carbocycles. The lowest BCUT2D eigenvalue weighted by atomic mass is 10.1. The van der Waals surface area contributed by atoms with Crippen LogP contribution in [0.2, 0.25) is 5.02 Å². The van der Waals surface area contributed by atoms with Crippen molar-refractivity contribution in [3.63, 3.8) is 0 Å². The first-order chi connectivity index (χ1) is 6.00. The third-order valence-corrected chi connectivity index (χ3v) is 2.26. The maximum absolute atomic E-state index is 5.97.